The quantitative estimate of drug-likeness (QED) is 0.755. The molecule has 5 nitrogen and oxygen atoms in total. The molecule has 0 aliphatic rings. The fourth-order valence-electron chi connectivity index (χ4n) is 0.915. The van der Waals surface area contributed by atoms with Gasteiger partial charge in [-0.2, -0.15) is 0 Å². The summed E-state index contributed by atoms with van der Waals surface area (Å²) in [5.41, 5.74) is 0. The highest BCUT2D eigenvalue weighted by Crippen LogP contribution is 2.02. The molecular formula is C9H22N2O3Si2. The molecule has 94 valence electrons. The van der Waals surface area contributed by atoms with Crippen molar-refractivity contribution >= 4 is 28.6 Å². The van der Waals surface area contributed by atoms with Crippen LogP contribution in [0.3, 0.4) is 0 Å². The highest BCUT2D eigenvalue weighted by atomic mass is 28.4. The lowest BCUT2D eigenvalue weighted by atomic mass is 10.7. The van der Waals surface area contributed by atoms with Gasteiger partial charge in [0.1, 0.15) is 14.8 Å². The number of hydrogen-bond donors (Lipinski definition) is 2. The van der Waals surface area contributed by atoms with Crippen LogP contribution in [0.5, 0.6) is 0 Å². The predicted molar refractivity (Wildman–Crippen MR) is 69.3 cm³/mol. The molecule has 0 aromatic carbocycles. The molecule has 2 N–H and O–H groups in total. The molecule has 0 saturated heterocycles. The van der Waals surface area contributed by atoms with E-state index in [1.54, 1.807) is 0 Å². The van der Waals surface area contributed by atoms with Crippen LogP contribution in [0.1, 0.15) is 0 Å². The van der Waals surface area contributed by atoms with Crippen molar-refractivity contribution < 1.29 is 14.0 Å². The highest BCUT2D eigenvalue weighted by molar-refractivity contribution is 6.75. The molecule has 0 radical (unpaired) electrons. The van der Waals surface area contributed by atoms with E-state index in [2.05, 4.69) is 10.3 Å². The number of amides is 2. The molecule has 0 aliphatic heterocycles. The third kappa shape index (κ3) is 9.72. The van der Waals surface area contributed by atoms with Crippen LogP contribution in [0.15, 0.2) is 0 Å². The molecule has 0 aromatic heterocycles. The molecule has 0 aliphatic carbocycles. The lowest BCUT2D eigenvalue weighted by molar-refractivity contribution is -0.133. The van der Waals surface area contributed by atoms with Crippen molar-refractivity contribution in [1.29, 1.82) is 0 Å². The van der Waals surface area contributed by atoms with E-state index in [1.165, 1.54) is 0 Å². The minimum absolute atomic E-state index is 0.0689. The molecule has 7 heteroatoms. The van der Waals surface area contributed by atoms with E-state index in [4.69, 9.17) is 4.43 Å². The molecule has 0 rings (SSSR count). The minimum Gasteiger partial charge on any atom is -0.519 e. The predicted octanol–water partition coefficient (Wildman–Crippen LogP) is 1.50. The van der Waals surface area contributed by atoms with Gasteiger partial charge in [0.25, 0.3) is 0 Å². The van der Waals surface area contributed by atoms with Crippen LogP contribution in [0.4, 0.5) is 4.79 Å². The summed E-state index contributed by atoms with van der Waals surface area (Å²) in [6, 6.07) is -0.299. The Morgan fingerprint density at radius 1 is 1.06 bits per heavy atom. The molecular weight excluding hydrogens is 240 g/mol. The van der Waals surface area contributed by atoms with Gasteiger partial charge in [0, 0.05) is 0 Å². The van der Waals surface area contributed by atoms with Gasteiger partial charge in [-0.15, -0.1) is 0 Å². The lowest BCUT2D eigenvalue weighted by Crippen LogP contribution is -2.51. The summed E-state index contributed by atoms with van der Waals surface area (Å²) in [4.78, 5) is 25.5. The topological polar surface area (TPSA) is 67.4 Å². The number of carbonyl (C=O) groups is 2. The maximum atomic E-state index is 11.3. The average Bonchev–Trinajstić information content (AvgIpc) is 1.94. The van der Waals surface area contributed by atoms with Crippen molar-refractivity contribution in [2.75, 3.05) is 6.54 Å². The summed E-state index contributed by atoms with van der Waals surface area (Å²) < 4.78 is 5.19. The van der Waals surface area contributed by atoms with Gasteiger partial charge in [-0.3, -0.25) is 4.79 Å². The number of carbonyl (C=O) groups excluding carboxylic acids is 2. The first-order valence-corrected chi connectivity index (χ1v) is 12.2. The maximum absolute atomic E-state index is 11.3. The zero-order valence-corrected chi connectivity index (χ0v) is 12.9. The van der Waals surface area contributed by atoms with Gasteiger partial charge in [0.15, 0.2) is 0 Å². The molecule has 0 bridgehead atoms. The second kappa shape index (κ2) is 5.49. The van der Waals surface area contributed by atoms with Crippen LogP contribution in [-0.4, -0.2) is 35.1 Å². The van der Waals surface area contributed by atoms with Crippen LogP contribution in [0, 0.1) is 0 Å². The van der Waals surface area contributed by atoms with Gasteiger partial charge < -0.3 is 14.7 Å². The molecule has 0 heterocycles. The first-order chi connectivity index (χ1) is 6.99. The lowest BCUT2D eigenvalue weighted by Gasteiger charge is -2.20. The van der Waals surface area contributed by atoms with Crippen LogP contribution >= 0.6 is 0 Å². The van der Waals surface area contributed by atoms with E-state index in [0.29, 0.717) is 0 Å². The number of urea groups is 1. The van der Waals surface area contributed by atoms with E-state index in [9.17, 15) is 9.59 Å². The molecule has 0 unspecified atom stereocenters. The summed E-state index contributed by atoms with van der Waals surface area (Å²) in [7, 11) is -3.50. The fraction of sp³-hybridized carbons (Fsp3) is 0.778. The van der Waals surface area contributed by atoms with Gasteiger partial charge >= 0.3 is 12.0 Å². The largest absolute Gasteiger partial charge is 0.519 e. The molecule has 16 heavy (non-hydrogen) atoms. The second-order valence-electron chi connectivity index (χ2n) is 5.64. The maximum Gasteiger partial charge on any atom is 0.312 e. The monoisotopic (exact) mass is 262 g/mol. The summed E-state index contributed by atoms with van der Waals surface area (Å²) in [6.45, 7) is 11.7. The average molecular weight is 262 g/mol. The van der Waals surface area contributed by atoms with Gasteiger partial charge in [-0.05, 0) is 19.6 Å². The third-order valence-electron chi connectivity index (χ3n) is 1.30. The summed E-state index contributed by atoms with van der Waals surface area (Å²) in [5, 5.41) is 2.49. The number of hydrogen-bond acceptors (Lipinski definition) is 3. The Hall–Kier alpha value is -0.826. The van der Waals surface area contributed by atoms with E-state index >= 15 is 0 Å². The minimum atomic E-state index is -1.85. The molecule has 0 saturated carbocycles. The normalized spacial score (nSPS) is 11.9. The van der Waals surface area contributed by atoms with Gasteiger partial charge in [0.2, 0.25) is 8.32 Å². The van der Waals surface area contributed by atoms with E-state index < -0.39 is 16.6 Å². The first-order valence-electron chi connectivity index (χ1n) is 5.27. The number of nitrogens with one attached hydrogen (secondary N) is 2. The van der Waals surface area contributed by atoms with Crippen molar-refractivity contribution in [2.45, 2.75) is 39.3 Å². The zero-order valence-electron chi connectivity index (χ0n) is 10.9. The van der Waals surface area contributed by atoms with E-state index in [-0.39, 0.29) is 18.5 Å². The Kier molecular flexibility index (Phi) is 5.20. The van der Waals surface area contributed by atoms with Crippen molar-refractivity contribution in [3.63, 3.8) is 0 Å². The summed E-state index contributed by atoms with van der Waals surface area (Å²) in [5.74, 6) is -0.370. The first kappa shape index (κ1) is 15.2. The standard InChI is InChI=1S/C9H22N2O3Si2/c1-15(2,3)11-9(13)10-7-8(12)14-16(4,5)6/h7H2,1-6H3,(H2,10,11,13). The Bertz CT molecular complexity index is 241. The van der Waals surface area contributed by atoms with Crippen LogP contribution in [0.2, 0.25) is 39.3 Å². The van der Waals surface area contributed by atoms with Crippen LogP contribution < -0.4 is 10.3 Å². The van der Waals surface area contributed by atoms with Gasteiger partial charge in [-0.1, -0.05) is 19.6 Å². The second-order valence-corrected chi connectivity index (χ2v) is 14.8. The summed E-state index contributed by atoms with van der Waals surface area (Å²) in [6.07, 6.45) is 0. The van der Waals surface area contributed by atoms with Gasteiger partial charge in [0.05, 0.1) is 0 Å². The van der Waals surface area contributed by atoms with Crippen molar-refractivity contribution in [1.82, 2.24) is 10.3 Å². The van der Waals surface area contributed by atoms with Crippen molar-refractivity contribution in [3.8, 4) is 0 Å². The molecule has 2 amide bonds. The van der Waals surface area contributed by atoms with E-state index in [1.807, 2.05) is 39.3 Å². The van der Waals surface area contributed by atoms with E-state index in [0.717, 1.165) is 0 Å². The Morgan fingerprint density at radius 3 is 1.94 bits per heavy atom. The summed E-state index contributed by atoms with van der Waals surface area (Å²) >= 11 is 0. The van der Waals surface area contributed by atoms with Crippen LogP contribution in [-0.2, 0) is 9.22 Å². The number of rotatable bonds is 4. The fourth-order valence-corrected chi connectivity index (χ4v) is 2.44. The molecule has 0 fully saturated rings. The van der Waals surface area contributed by atoms with Crippen molar-refractivity contribution in [3.05, 3.63) is 0 Å². The third-order valence-corrected chi connectivity index (χ3v) is 3.12. The highest BCUT2D eigenvalue weighted by Gasteiger charge is 2.21. The Labute approximate surface area is 99.2 Å². The Balaban J connectivity index is 3.90. The molecule has 0 aromatic rings. The SMILES string of the molecule is C[Si](C)(C)NC(=O)NCC(=O)O[Si](C)(C)C. The molecule has 0 spiro atoms. The smallest absolute Gasteiger partial charge is 0.312 e. The van der Waals surface area contributed by atoms with Gasteiger partial charge in [-0.25, -0.2) is 4.79 Å². The molecule has 0 atom stereocenters. The zero-order chi connectivity index (χ0) is 13.0. The van der Waals surface area contributed by atoms with Crippen molar-refractivity contribution in [2.24, 2.45) is 0 Å². The Morgan fingerprint density at radius 2 is 1.56 bits per heavy atom. The van der Waals surface area contributed by atoms with Crippen LogP contribution in [0.25, 0.3) is 0 Å².